The van der Waals surface area contributed by atoms with Gasteiger partial charge in [-0.15, -0.1) is 24.0 Å². The molecule has 0 aliphatic rings. The van der Waals surface area contributed by atoms with E-state index in [9.17, 15) is 4.79 Å². The van der Waals surface area contributed by atoms with E-state index in [-0.39, 0.29) is 36.5 Å². The van der Waals surface area contributed by atoms with Gasteiger partial charge in [0.05, 0.1) is 7.11 Å². The number of ether oxygens (including phenoxy) is 2. The molecule has 2 N–H and O–H groups in total. The number of aliphatic imine (C=N–C) groups is 1. The van der Waals surface area contributed by atoms with E-state index in [0.29, 0.717) is 24.6 Å². The summed E-state index contributed by atoms with van der Waals surface area (Å²) in [6, 6.07) is 15.9. The molecule has 0 aromatic heterocycles. The van der Waals surface area contributed by atoms with Crippen LogP contribution < -0.4 is 20.1 Å². The lowest BCUT2D eigenvalue weighted by molar-refractivity contribution is -0.123. The van der Waals surface area contributed by atoms with Crippen LogP contribution in [-0.4, -0.2) is 51.1 Å². The number of guanidine groups is 1. The van der Waals surface area contributed by atoms with Gasteiger partial charge in [0, 0.05) is 33.7 Å². The van der Waals surface area contributed by atoms with Gasteiger partial charge in [-0.1, -0.05) is 36.4 Å². The van der Waals surface area contributed by atoms with E-state index in [1.54, 1.807) is 14.2 Å². The summed E-state index contributed by atoms with van der Waals surface area (Å²) in [5.41, 5.74) is 2.23. The highest BCUT2D eigenvalue weighted by molar-refractivity contribution is 14.0. The number of benzene rings is 2. The first kappa shape index (κ1) is 25.5. The molecule has 0 saturated heterocycles. The Morgan fingerprint density at radius 2 is 1.80 bits per heavy atom. The van der Waals surface area contributed by atoms with E-state index in [4.69, 9.17) is 9.47 Å². The Morgan fingerprint density at radius 1 is 1.07 bits per heavy atom. The third kappa shape index (κ3) is 8.10. The summed E-state index contributed by atoms with van der Waals surface area (Å²) in [6.07, 6.45) is 0. The van der Waals surface area contributed by atoms with Crippen LogP contribution in [0.4, 0.5) is 0 Å². The minimum absolute atomic E-state index is 0. The van der Waals surface area contributed by atoms with Crippen molar-refractivity contribution in [3.63, 3.8) is 0 Å². The fourth-order valence-electron chi connectivity index (χ4n) is 2.83. The topological polar surface area (TPSA) is 75.2 Å². The first-order valence-corrected chi connectivity index (χ1v) is 9.59. The molecule has 0 fully saturated rings. The number of amides is 1. The van der Waals surface area contributed by atoms with Crippen molar-refractivity contribution in [2.45, 2.75) is 20.0 Å². The quantitative estimate of drug-likeness (QED) is 0.299. The Morgan fingerprint density at radius 3 is 2.43 bits per heavy atom. The number of hydrogen-bond acceptors (Lipinski definition) is 4. The van der Waals surface area contributed by atoms with Gasteiger partial charge >= 0.3 is 0 Å². The van der Waals surface area contributed by atoms with Crippen LogP contribution in [0, 0.1) is 0 Å². The maximum Gasteiger partial charge on any atom is 0.257 e. The van der Waals surface area contributed by atoms with Gasteiger partial charge in [-0.25, -0.2) is 0 Å². The average molecular weight is 526 g/mol. The standard InChI is InChI=1S/C22H30N4O3.HI/c1-5-24-21(27)16-29-19-12-11-18(13-20(19)28-4)14-25-22(23-2)26(3)15-17-9-7-6-8-10-17;/h6-13H,5,14-16H2,1-4H3,(H,23,25)(H,24,27);1H. The molecule has 0 heterocycles. The zero-order chi connectivity index (χ0) is 21.1. The number of rotatable bonds is 9. The van der Waals surface area contributed by atoms with E-state index in [2.05, 4.69) is 32.7 Å². The zero-order valence-electron chi connectivity index (χ0n) is 18.0. The van der Waals surface area contributed by atoms with Crippen LogP contribution in [0.5, 0.6) is 11.5 Å². The van der Waals surface area contributed by atoms with Crippen LogP contribution in [0.2, 0.25) is 0 Å². The van der Waals surface area contributed by atoms with E-state index >= 15 is 0 Å². The zero-order valence-corrected chi connectivity index (χ0v) is 20.3. The molecule has 0 aliphatic carbocycles. The van der Waals surface area contributed by atoms with Gasteiger partial charge in [0.2, 0.25) is 0 Å². The number of halogens is 1. The van der Waals surface area contributed by atoms with Crippen molar-refractivity contribution in [3.05, 3.63) is 59.7 Å². The molecule has 2 aromatic carbocycles. The number of methoxy groups -OCH3 is 1. The Balaban J connectivity index is 0.00000450. The van der Waals surface area contributed by atoms with Crippen LogP contribution in [-0.2, 0) is 17.9 Å². The Labute approximate surface area is 195 Å². The maximum atomic E-state index is 11.6. The molecule has 30 heavy (non-hydrogen) atoms. The van der Waals surface area contributed by atoms with Crippen LogP contribution in [0.25, 0.3) is 0 Å². The van der Waals surface area contributed by atoms with Crippen LogP contribution >= 0.6 is 24.0 Å². The Hall–Kier alpha value is -2.49. The lowest BCUT2D eigenvalue weighted by atomic mass is 10.2. The molecular weight excluding hydrogens is 495 g/mol. The highest BCUT2D eigenvalue weighted by Crippen LogP contribution is 2.28. The SMILES string of the molecule is CCNC(=O)COc1ccc(CNC(=NC)N(C)Cc2ccccc2)cc1OC.I. The summed E-state index contributed by atoms with van der Waals surface area (Å²) < 4.78 is 11.0. The molecule has 0 atom stereocenters. The van der Waals surface area contributed by atoms with Crippen molar-refractivity contribution in [1.82, 2.24) is 15.5 Å². The van der Waals surface area contributed by atoms with E-state index in [0.717, 1.165) is 18.1 Å². The fraction of sp³-hybridized carbons (Fsp3) is 0.364. The Kier molecular flexibility index (Phi) is 11.7. The second kappa shape index (κ2) is 13.7. The van der Waals surface area contributed by atoms with Gasteiger partial charge in [0.1, 0.15) is 0 Å². The molecule has 2 aromatic rings. The van der Waals surface area contributed by atoms with Gasteiger partial charge in [-0.3, -0.25) is 9.79 Å². The molecule has 0 unspecified atom stereocenters. The molecule has 0 spiro atoms. The van der Waals surface area contributed by atoms with Crippen molar-refractivity contribution in [2.75, 3.05) is 34.4 Å². The van der Waals surface area contributed by atoms with Gasteiger partial charge < -0.3 is 25.0 Å². The number of hydrogen-bond donors (Lipinski definition) is 2. The highest BCUT2D eigenvalue weighted by Gasteiger charge is 2.10. The number of nitrogens with one attached hydrogen (secondary N) is 2. The molecule has 2 rings (SSSR count). The summed E-state index contributed by atoms with van der Waals surface area (Å²) in [6.45, 7) is 3.74. The summed E-state index contributed by atoms with van der Waals surface area (Å²) in [5, 5.41) is 6.06. The van der Waals surface area contributed by atoms with Gasteiger partial charge in [0.25, 0.3) is 5.91 Å². The van der Waals surface area contributed by atoms with Crippen molar-refractivity contribution in [2.24, 2.45) is 4.99 Å². The number of nitrogens with zero attached hydrogens (tertiary/aromatic N) is 2. The number of likely N-dealkylation sites (N-methyl/N-ethyl adjacent to an activating group) is 1. The fourth-order valence-corrected chi connectivity index (χ4v) is 2.83. The Bertz CT molecular complexity index is 815. The average Bonchev–Trinajstić information content (AvgIpc) is 2.74. The van der Waals surface area contributed by atoms with Crippen molar-refractivity contribution in [3.8, 4) is 11.5 Å². The maximum absolute atomic E-state index is 11.6. The van der Waals surface area contributed by atoms with Gasteiger partial charge in [-0.2, -0.15) is 0 Å². The van der Waals surface area contributed by atoms with Crippen molar-refractivity contribution < 1.29 is 14.3 Å². The van der Waals surface area contributed by atoms with E-state index in [1.165, 1.54) is 5.56 Å². The number of carbonyl (C=O) groups excluding carboxylic acids is 1. The molecule has 164 valence electrons. The van der Waals surface area contributed by atoms with Crippen molar-refractivity contribution in [1.29, 1.82) is 0 Å². The van der Waals surface area contributed by atoms with Crippen LogP contribution in [0.1, 0.15) is 18.1 Å². The van der Waals surface area contributed by atoms with Gasteiger partial charge in [-0.05, 0) is 30.2 Å². The normalized spacial score (nSPS) is 10.6. The second-order valence-electron chi connectivity index (χ2n) is 6.47. The molecule has 7 nitrogen and oxygen atoms in total. The molecular formula is C22H31IN4O3. The first-order valence-electron chi connectivity index (χ1n) is 9.59. The predicted octanol–water partition coefficient (Wildman–Crippen LogP) is 3.04. The minimum atomic E-state index is -0.162. The summed E-state index contributed by atoms with van der Waals surface area (Å²) in [5.74, 6) is 1.75. The molecule has 0 bridgehead atoms. The summed E-state index contributed by atoms with van der Waals surface area (Å²) in [4.78, 5) is 18.0. The molecule has 0 radical (unpaired) electrons. The van der Waals surface area contributed by atoms with Gasteiger partial charge in [0.15, 0.2) is 24.1 Å². The summed E-state index contributed by atoms with van der Waals surface area (Å²) in [7, 11) is 5.35. The molecule has 8 heteroatoms. The monoisotopic (exact) mass is 526 g/mol. The highest BCUT2D eigenvalue weighted by atomic mass is 127. The second-order valence-corrected chi connectivity index (χ2v) is 6.47. The third-order valence-electron chi connectivity index (χ3n) is 4.25. The lowest BCUT2D eigenvalue weighted by Crippen LogP contribution is -2.38. The third-order valence-corrected chi connectivity index (χ3v) is 4.25. The van der Waals surface area contributed by atoms with E-state index in [1.807, 2.05) is 50.4 Å². The van der Waals surface area contributed by atoms with E-state index < -0.39 is 0 Å². The molecule has 0 saturated carbocycles. The van der Waals surface area contributed by atoms with Crippen molar-refractivity contribution >= 4 is 35.8 Å². The van der Waals surface area contributed by atoms with Crippen LogP contribution in [0.3, 0.4) is 0 Å². The molecule has 0 aliphatic heterocycles. The number of carbonyl (C=O) groups is 1. The summed E-state index contributed by atoms with van der Waals surface area (Å²) >= 11 is 0. The minimum Gasteiger partial charge on any atom is -0.493 e. The lowest BCUT2D eigenvalue weighted by Gasteiger charge is -2.22. The largest absolute Gasteiger partial charge is 0.493 e. The smallest absolute Gasteiger partial charge is 0.257 e. The van der Waals surface area contributed by atoms with Crippen LogP contribution in [0.15, 0.2) is 53.5 Å². The predicted molar refractivity (Wildman–Crippen MR) is 131 cm³/mol. The first-order chi connectivity index (χ1) is 14.1. The molecule has 1 amide bonds.